The Morgan fingerprint density at radius 2 is 1.80 bits per heavy atom. The molecule has 0 aliphatic carbocycles. The van der Waals surface area contributed by atoms with Crippen LogP contribution in [0.25, 0.3) is 0 Å². The van der Waals surface area contributed by atoms with E-state index in [1.165, 1.54) is 0 Å². The van der Waals surface area contributed by atoms with E-state index >= 15 is 0 Å². The first-order chi connectivity index (χ1) is 9.43. The van der Waals surface area contributed by atoms with E-state index in [1.54, 1.807) is 25.1 Å². The summed E-state index contributed by atoms with van der Waals surface area (Å²) in [5, 5.41) is 4.03. The van der Waals surface area contributed by atoms with Crippen molar-refractivity contribution in [3.05, 3.63) is 64.1 Å². The van der Waals surface area contributed by atoms with Crippen molar-refractivity contribution in [3.8, 4) is 0 Å². The summed E-state index contributed by atoms with van der Waals surface area (Å²) in [7, 11) is 0. The van der Waals surface area contributed by atoms with Crippen LogP contribution in [0.4, 0.5) is 5.69 Å². The van der Waals surface area contributed by atoms with Crippen LogP contribution < -0.4 is 11.1 Å². The second kappa shape index (κ2) is 5.73. The van der Waals surface area contributed by atoms with Gasteiger partial charge in [0, 0.05) is 21.3 Å². The molecular formula is C15H14Cl2N2O. The van der Waals surface area contributed by atoms with Crippen molar-refractivity contribution in [1.29, 1.82) is 0 Å². The summed E-state index contributed by atoms with van der Waals surface area (Å²) in [6.45, 7) is 1.69. The summed E-state index contributed by atoms with van der Waals surface area (Å²) in [4.78, 5) is 11.9. The number of halogens is 2. The van der Waals surface area contributed by atoms with E-state index in [2.05, 4.69) is 5.32 Å². The normalized spacial score (nSPS) is 13.6. The number of carbonyl (C=O) groups excluding carboxylic acids is 1. The Hall–Kier alpha value is -1.71. The van der Waals surface area contributed by atoms with Gasteiger partial charge in [0.1, 0.15) is 5.54 Å². The molecule has 0 heterocycles. The number of benzene rings is 2. The highest BCUT2D eigenvalue weighted by Crippen LogP contribution is 2.33. The highest BCUT2D eigenvalue weighted by Gasteiger charge is 2.35. The van der Waals surface area contributed by atoms with Crippen molar-refractivity contribution in [2.24, 2.45) is 5.73 Å². The Morgan fingerprint density at radius 3 is 2.35 bits per heavy atom. The fourth-order valence-electron chi connectivity index (χ4n) is 1.97. The number of nitrogens with two attached hydrogens (primary N) is 1. The molecule has 0 aliphatic rings. The molecule has 0 saturated carbocycles. The Morgan fingerprint density at radius 1 is 1.15 bits per heavy atom. The SMILES string of the molecule is CC(Nc1ccccc1)(C(N)=O)c1ccc(Cl)cc1Cl. The van der Waals surface area contributed by atoms with Crippen molar-refractivity contribution in [2.75, 3.05) is 5.32 Å². The molecule has 0 fully saturated rings. The lowest BCUT2D eigenvalue weighted by atomic mass is 9.90. The molecule has 1 amide bonds. The Kier molecular flexibility index (Phi) is 4.21. The number of nitrogens with one attached hydrogen (secondary N) is 1. The van der Waals surface area contributed by atoms with E-state index in [9.17, 15) is 4.79 Å². The molecule has 0 aromatic heterocycles. The number of hydrogen-bond donors (Lipinski definition) is 2. The molecule has 20 heavy (non-hydrogen) atoms. The van der Waals surface area contributed by atoms with Crippen LogP contribution in [0, 0.1) is 0 Å². The summed E-state index contributed by atoms with van der Waals surface area (Å²) < 4.78 is 0. The topological polar surface area (TPSA) is 55.1 Å². The maximum Gasteiger partial charge on any atom is 0.247 e. The molecule has 3 N–H and O–H groups in total. The standard InChI is InChI=1S/C15H14Cl2N2O/c1-15(14(18)20,19-11-5-3-2-4-6-11)12-8-7-10(16)9-13(12)17/h2-9,19H,1H3,(H2,18,20). The predicted octanol–water partition coefficient (Wildman–Crippen LogP) is 3.81. The molecule has 0 spiro atoms. The van der Waals surface area contributed by atoms with Crippen LogP contribution in [0.5, 0.6) is 0 Å². The summed E-state index contributed by atoms with van der Waals surface area (Å²) in [5.74, 6) is -0.523. The van der Waals surface area contributed by atoms with Gasteiger partial charge in [-0.2, -0.15) is 0 Å². The van der Waals surface area contributed by atoms with Gasteiger partial charge in [-0.15, -0.1) is 0 Å². The van der Waals surface area contributed by atoms with Gasteiger partial charge in [-0.05, 0) is 31.2 Å². The molecule has 2 aromatic rings. The third-order valence-corrected chi connectivity index (χ3v) is 3.68. The van der Waals surface area contributed by atoms with Crippen LogP contribution in [-0.2, 0) is 10.3 Å². The van der Waals surface area contributed by atoms with Crippen LogP contribution in [0.3, 0.4) is 0 Å². The van der Waals surface area contributed by atoms with Crippen LogP contribution in [0.15, 0.2) is 48.5 Å². The first-order valence-electron chi connectivity index (χ1n) is 6.02. The average molecular weight is 309 g/mol. The molecule has 104 valence electrons. The van der Waals surface area contributed by atoms with Gasteiger partial charge < -0.3 is 11.1 Å². The molecular weight excluding hydrogens is 295 g/mol. The van der Waals surface area contributed by atoms with Crippen molar-refractivity contribution in [1.82, 2.24) is 0 Å². The van der Waals surface area contributed by atoms with E-state index in [0.717, 1.165) is 5.69 Å². The van der Waals surface area contributed by atoms with Crippen LogP contribution >= 0.6 is 23.2 Å². The zero-order chi connectivity index (χ0) is 14.8. The van der Waals surface area contributed by atoms with Gasteiger partial charge >= 0.3 is 0 Å². The maximum atomic E-state index is 11.9. The van der Waals surface area contributed by atoms with E-state index in [4.69, 9.17) is 28.9 Å². The number of anilines is 1. The molecule has 0 aliphatic heterocycles. The summed E-state index contributed by atoms with van der Waals surface area (Å²) in [5.41, 5.74) is 5.80. The molecule has 1 atom stereocenters. The van der Waals surface area contributed by atoms with Crippen molar-refractivity contribution >= 4 is 34.8 Å². The maximum absolute atomic E-state index is 11.9. The smallest absolute Gasteiger partial charge is 0.247 e. The molecule has 2 aromatic carbocycles. The predicted molar refractivity (Wildman–Crippen MR) is 83.1 cm³/mol. The van der Waals surface area contributed by atoms with Gasteiger partial charge in [-0.3, -0.25) is 4.79 Å². The number of para-hydroxylation sites is 1. The van der Waals surface area contributed by atoms with Gasteiger partial charge in [0.2, 0.25) is 5.91 Å². The first kappa shape index (κ1) is 14.7. The summed E-state index contributed by atoms with van der Waals surface area (Å²) >= 11 is 12.1. The van der Waals surface area contributed by atoms with Gasteiger partial charge in [-0.25, -0.2) is 0 Å². The lowest BCUT2D eigenvalue weighted by Crippen LogP contribution is -2.45. The highest BCUT2D eigenvalue weighted by molar-refractivity contribution is 6.35. The molecule has 1 unspecified atom stereocenters. The monoisotopic (exact) mass is 308 g/mol. The number of hydrogen-bond acceptors (Lipinski definition) is 2. The van der Waals surface area contributed by atoms with E-state index < -0.39 is 11.4 Å². The third-order valence-electron chi connectivity index (χ3n) is 3.13. The van der Waals surface area contributed by atoms with Crippen LogP contribution in [-0.4, -0.2) is 5.91 Å². The van der Waals surface area contributed by atoms with Crippen molar-refractivity contribution in [2.45, 2.75) is 12.5 Å². The fourth-order valence-corrected chi connectivity index (χ4v) is 2.56. The minimum absolute atomic E-state index is 0.391. The minimum atomic E-state index is -1.12. The van der Waals surface area contributed by atoms with Crippen molar-refractivity contribution in [3.63, 3.8) is 0 Å². The van der Waals surface area contributed by atoms with Crippen molar-refractivity contribution < 1.29 is 4.79 Å². The lowest BCUT2D eigenvalue weighted by Gasteiger charge is -2.30. The molecule has 2 rings (SSSR count). The Labute approximate surface area is 127 Å². The quantitative estimate of drug-likeness (QED) is 0.902. The molecule has 0 radical (unpaired) electrons. The van der Waals surface area contributed by atoms with Crippen LogP contribution in [0.2, 0.25) is 10.0 Å². The largest absolute Gasteiger partial charge is 0.368 e. The number of carbonyl (C=O) groups is 1. The third kappa shape index (κ3) is 2.89. The first-order valence-corrected chi connectivity index (χ1v) is 6.78. The zero-order valence-corrected chi connectivity index (χ0v) is 12.4. The molecule has 3 nitrogen and oxygen atoms in total. The molecule has 0 saturated heterocycles. The Bertz CT molecular complexity index is 631. The van der Waals surface area contributed by atoms with Gasteiger partial charge in [0.25, 0.3) is 0 Å². The van der Waals surface area contributed by atoms with Crippen LogP contribution in [0.1, 0.15) is 12.5 Å². The van der Waals surface area contributed by atoms with E-state index in [1.807, 2.05) is 30.3 Å². The number of amides is 1. The van der Waals surface area contributed by atoms with E-state index in [0.29, 0.717) is 15.6 Å². The average Bonchev–Trinajstić information content (AvgIpc) is 2.39. The van der Waals surface area contributed by atoms with E-state index in [-0.39, 0.29) is 0 Å². The minimum Gasteiger partial charge on any atom is -0.368 e. The summed E-state index contributed by atoms with van der Waals surface area (Å²) in [6, 6.07) is 14.3. The zero-order valence-electron chi connectivity index (χ0n) is 10.9. The second-order valence-electron chi connectivity index (χ2n) is 4.60. The molecule has 5 heteroatoms. The lowest BCUT2D eigenvalue weighted by molar-refractivity contribution is -0.122. The molecule has 0 bridgehead atoms. The van der Waals surface area contributed by atoms with Gasteiger partial charge in [-0.1, -0.05) is 47.5 Å². The van der Waals surface area contributed by atoms with Gasteiger partial charge in [0.05, 0.1) is 0 Å². The second-order valence-corrected chi connectivity index (χ2v) is 5.45. The number of primary amides is 1. The van der Waals surface area contributed by atoms with Gasteiger partial charge in [0.15, 0.2) is 0 Å². The summed E-state index contributed by atoms with van der Waals surface area (Å²) in [6.07, 6.45) is 0. The fraction of sp³-hybridized carbons (Fsp3) is 0.133. The number of rotatable bonds is 4. The highest BCUT2D eigenvalue weighted by atomic mass is 35.5. The Balaban J connectivity index is 2.47.